The van der Waals surface area contributed by atoms with E-state index in [-0.39, 0.29) is 0 Å². The van der Waals surface area contributed by atoms with Crippen molar-refractivity contribution in [3.05, 3.63) is 18.2 Å². The molecule has 1 aromatic rings. The fourth-order valence-corrected chi connectivity index (χ4v) is 2.17. The summed E-state index contributed by atoms with van der Waals surface area (Å²) in [5.41, 5.74) is 8.90. The first-order chi connectivity index (χ1) is 5.68. The fourth-order valence-electron chi connectivity index (χ4n) is 1.33. The second-order valence-electron chi connectivity index (χ2n) is 2.82. The van der Waals surface area contributed by atoms with Crippen LogP contribution in [0.3, 0.4) is 0 Å². The quantitative estimate of drug-likeness (QED) is 0.488. The molecular formula is C8H11N3S. The van der Waals surface area contributed by atoms with Crippen molar-refractivity contribution >= 4 is 29.2 Å². The van der Waals surface area contributed by atoms with Crippen LogP contribution in [0, 0.1) is 0 Å². The third-order valence-electron chi connectivity index (χ3n) is 1.92. The lowest BCUT2D eigenvalue weighted by atomic mass is 10.2. The molecule has 0 saturated heterocycles. The lowest BCUT2D eigenvalue weighted by molar-refractivity contribution is 1.38. The molecule has 0 spiro atoms. The van der Waals surface area contributed by atoms with Gasteiger partial charge in [-0.15, -0.1) is 0 Å². The SMILES string of the molecule is CN1SN(C)c2cc(N)ccc21. The highest BCUT2D eigenvalue weighted by Gasteiger charge is 2.21. The van der Waals surface area contributed by atoms with Crippen LogP contribution in [0.25, 0.3) is 0 Å². The van der Waals surface area contributed by atoms with E-state index in [9.17, 15) is 0 Å². The van der Waals surface area contributed by atoms with Gasteiger partial charge in [0.1, 0.15) is 0 Å². The van der Waals surface area contributed by atoms with Crippen LogP contribution in [0.5, 0.6) is 0 Å². The largest absolute Gasteiger partial charge is 0.399 e. The van der Waals surface area contributed by atoms with Gasteiger partial charge in [0, 0.05) is 19.8 Å². The van der Waals surface area contributed by atoms with Crippen molar-refractivity contribution in [1.29, 1.82) is 0 Å². The summed E-state index contributed by atoms with van der Waals surface area (Å²) < 4.78 is 4.22. The lowest BCUT2D eigenvalue weighted by Crippen LogP contribution is -2.06. The Morgan fingerprint density at radius 2 is 1.83 bits per heavy atom. The predicted octanol–water partition coefficient (Wildman–Crippen LogP) is 1.72. The molecule has 1 aromatic carbocycles. The van der Waals surface area contributed by atoms with Crippen molar-refractivity contribution < 1.29 is 0 Å². The van der Waals surface area contributed by atoms with Crippen LogP contribution in [0.4, 0.5) is 17.1 Å². The zero-order valence-corrected chi connectivity index (χ0v) is 7.93. The first kappa shape index (κ1) is 7.61. The van der Waals surface area contributed by atoms with E-state index in [1.165, 1.54) is 11.4 Å². The van der Waals surface area contributed by atoms with Crippen LogP contribution in [-0.2, 0) is 0 Å². The number of nitrogens with zero attached hydrogens (tertiary/aromatic N) is 2. The van der Waals surface area contributed by atoms with E-state index in [0.717, 1.165) is 5.69 Å². The summed E-state index contributed by atoms with van der Waals surface area (Å²) in [5.74, 6) is 0. The van der Waals surface area contributed by atoms with Crippen molar-refractivity contribution in [2.24, 2.45) is 0 Å². The molecule has 3 nitrogen and oxygen atoms in total. The monoisotopic (exact) mass is 181 g/mol. The Bertz CT molecular complexity index is 313. The summed E-state index contributed by atoms with van der Waals surface area (Å²) in [6, 6.07) is 5.96. The molecule has 0 radical (unpaired) electrons. The second kappa shape index (κ2) is 2.48. The minimum atomic E-state index is 0.816. The number of hydrogen-bond acceptors (Lipinski definition) is 4. The molecule has 2 rings (SSSR count). The standard InChI is InChI=1S/C8H11N3S/c1-10-7-4-3-6(9)5-8(7)11(2)12-10/h3-5H,9H2,1-2H3. The van der Waals surface area contributed by atoms with Crippen molar-refractivity contribution in [1.82, 2.24) is 0 Å². The maximum Gasteiger partial charge on any atom is 0.0746 e. The lowest BCUT2D eigenvalue weighted by Gasteiger charge is -2.08. The molecule has 1 aliphatic rings. The smallest absolute Gasteiger partial charge is 0.0746 e. The Morgan fingerprint density at radius 3 is 2.58 bits per heavy atom. The summed E-state index contributed by atoms with van der Waals surface area (Å²) >= 11 is 1.67. The van der Waals surface area contributed by atoms with Gasteiger partial charge >= 0.3 is 0 Å². The fraction of sp³-hybridized carbons (Fsp3) is 0.250. The molecular weight excluding hydrogens is 170 g/mol. The Kier molecular flexibility index (Phi) is 1.58. The third kappa shape index (κ3) is 0.992. The van der Waals surface area contributed by atoms with Gasteiger partial charge < -0.3 is 5.73 Å². The highest BCUT2D eigenvalue weighted by molar-refractivity contribution is 8.02. The molecule has 0 amide bonds. The zero-order chi connectivity index (χ0) is 8.72. The number of nitrogens with two attached hydrogens (primary N) is 1. The minimum Gasteiger partial charge on any atom is -0.399 e. The molecule has 0 atom stereocenters. The molecule has 2 N–H and O–H groups in total. The topological polar surface area (TPSA) is 32.5 Å². The molecule has 0 fully saturated rings. The predicted molar refractivity (Wildman–Crippen MR) is 55.3 cm³/mol. The molecule has 0 aliphatic carbocycles. The second-order valence-corrected chi connectivity index (χ2v) is 4.08. The van der Waals surface area contributed by atoms with Crippen molar-refractivity contribution in [3.8, 4) is 0 Å². The van der Waals surface area contributed by atoms with E-state index < -0.39 is 0 Å². The van der Waals surface area contributed by atoms with Gasteiger partial charge in [-0.1, -0.05) is 0 Å². The van der Waals surface area contributed by atoms with Crippen LogP contribution in [-0.4, -0.2) is 14.1 Å². The summed E-state index contributed by atoms with van der Waals surface area (Å²) in [6.45, 7) is 0. The van der Waals surface area contributed by atoms with Crippen LogP contribution >= 0.6 is 12.1 Å². The zero-order valence-electron chi connectivity index (χ0n) is 7.11. The van der Waals surface area contributed by atoms with E-state index >= 15 is 0 Å². The van der Waals surface area contributed by atoms with Gasteiger partial charge in [-0.05, 0) is 18.2 Å². The molecule has 0 aromatic heterocycles. The van der Waals surface area contributed by atoms with Crippen molar-refractivity contribution in [3.63, 3.8) is 0 Å². The highest BCUT2D eigenvalue weighted by Crippen LogP contribution is 2.42. The maximum absolute atomic E-state index is 5.68. The normalized spacial score (nSPS) is 15.2. The average Bonchev–Trinajstić information content (AvgIpc) is 2.28. The Balaban J connectivity index is 2.53. The number of fused-ring (bicyclic) bond motifs is 1. The highest BCUT2D eigenvalue weighted by atomic mass is 32.2. The van der Waals surface area contributed by atoms with E-state index in [4.69, 9.17) is 5.73 Å². The van der Waals surface area contributed by atoms with Crippen molar-refractivity contribution in [2.45, 2.75) is 0 Å². The molecule has 4 heteroatoms. The minimum absolute atomic E-state index is 0.816. The van der Waals surface area contributed by atoms with Gasteiger partial charge in [-0.25, -0.2) is 0 Å². The van der Waals surface area contributed by atoms with Gasteiger partial charge in [0.05, 0.1) is 23.5 Å². The van der Waals surface area contributed by atoms with Gasteiger partial charge in [-0.3, -0.25) is 8.61 Å². The first-order valence-corrected chi connectivity index (χ1v) is 4.46. The van der Waals surface area contributed by atoms with E-state index in [2.05, 4.69) is 8.61 Å². The van der Waals surface area contributed by atoms with Crippen LogP contribution in [0.2, 0.25) is 0 Å². The Labute approximate surface area is 76.4 Å². The van der Waals surface area contributed by atoms with E-state index in [1.54, 1.807) is 12.1 Å². The Morgan fingerprint density at radius 1 is 1.17 bits per heavy atom. The molecule has 1 heterocycles. The van der Waals surface area contributed by atoms with E-state index in [0.29, 0.717) is 0 Å². The maximum atomic E-state index is 5.68. The summed E-state index contributed by atoms with van der Waals surface area (Å²) in [5, 5.41) is 0. The number of nitrogen functional groups attached to an aromatic ring is 1. The average molecular weight is 181 g/mol. The van der Waals surface area contributed by atoms with Gasteiger partial charge in [0.2, 0.25) is 0 Å². The van der Waals surface area contributed by atoms with Crippen LogP contribution in [0.1, 0.15) is 0 Å². The number of anilines is 3. The van der Waals surface area contributed by atoms with Gasteiger partial charge in [0.25, 0.3) is 0 Å². The van der Waals surface area contributed by atoms with Crippen LogP contribution in [0.15, 0.2) is 18.2 Å². The molecule has 0 bridgehead atoms. The van der Waals surface area contributed by atoms with Gasteiger partial charge in [0.15, 0.2) is 0 Å². The molecule has 12 heavy (non-hydrogen) atoms. The van der Waals surface area contributed by atoms with Crippen molar-refractivity contribution in [2.75, 3.05) is 28.4 Å². The van der Waals surface area contributed by atoms with E-state index in [1.807, 2.05) is 32.3 Å². The summed E-state index contributed by atoms with van der Waals surface area (Å²) in [6.07, 6.45) is 0. The molecule has 64 valence electrons. The Hall–Kier alpha value is -1.03. The number of benzene rings is 1. The summed E-state index contributed by atoms with van der Waals surface area (Å²) in [7, 11) is 4.08. The number of hydrogen-bond donors (Lipinski definition) is 1. The molecule has 1 aliphatic heterocycles. The third-order valence-corrected chi connectivity index (χ3v) is 2.81. The molecule has 0 saturated carbocycles. The van der Waals surface area contributed by atoms with Gasteiger partial charge in [-0.2, -0.15) is 0 Å². The number of rotatable bonds is 0. The summed E-state index contributed by atoms with van der Waals surface area (Å²) in [4.78, 5) is 0. The molecule has 0 unspecified atom stereocenters. The first-order valence-electron chi connectivity index (χ1n) is 3.73. The van der Waals surface area contributed by atoms with Crippen LogP contribution < -0.4 is 14.3 Å².